The van der Waals surface area contributed by atoms with Gasteiger partial charge in [0.15, 0.2) is 0 Å². The average Bonchev–Trinajstić information content (AvgIpc) is 3.05. The predicted molar refractivity (Wildman–Crippen MR) is 187 cm³/mol. The summed E-state index contributed by atoms with van der Waals surface area (Å²) in [5.74, 6) is 0.835. The van der Waals surface area contributed by atoms with Crippen molar-refractivity contribution in [2.24, 2.45) is 0 Å². The highest BCUT2D eigenvalue weighted by molar-refractivity contribution is 5.83. The zero-order valence-corrected chi connectivity index (χ0v) is 28.0. The van der Waals surface area contributed by atoms with Crippen LogP contribution < -0.4 is 4.74 Å². The smallest absolute Gasteiger partial charge is 0.306 e. The molecule has 3 aromatic carbocycles. The molecular weight excluding hydrogens is 540 g/mol. The first-order valence-electron chi connectivity index (χ1n) is 17.7. The standard InChI is InChI=1S/C41H58O3/c1-4-6-8-10-11-12-13-14-15-16-17-18-24-41(42)44-34(3)35-25-27-36(28-26-35)39-22-19-20-23-40(39)37-29-31-38(32-30-37)43-33-21-9-7-5-2/h19-20,22-23,25-32,34H,4-18,21,24,33H2,1-3H3. The molecule has 0 aliphatic carbocycles. The van der Waals surface area contributed by atoms with Crippen LogP contribution in [0.1, 0.15) is 142 Å². The highest BCUT2D eigenvalue weighted by Crippen LogP contribution is 2.34. The molecule has 3 rings (SSSR count). The van der Waals surface area contributed by atoms with Crippen LogP contribution in [0.2, 0.25) is 0 Å². The van der Waals surface area contributed by atoms with Gasteiger partial charge in [0.25, 0.3) is 0 Å². The number of carbonyl (C=O) groups excluding carboxylic acids is 1. The van der Waals surface area contributed by atoms with Gasteiger partial charge in [-0.1, -0.05) is 164 Å². The van der Waals surface area contributed by atoms with Crippen LogP contribution >= 0.6 is 0 Å². The molecule has 0 radical (unpaired) electrons. The number of esters is 1. The number of ether oxygens (including phenoxy) is 2. The quantitative estimate of drug-likeness (QED) is 0.0804. The van der Waals surface area contributed by atoms with Gasteiger partial charge in [-0.3, -0.25) is 4.79 Å². The van der Waals surface area contributed by atoms with Gasteiger partial charge >= 0.3 is 5.97 Å². The third-order valence-corrected chi connectivity index (χ3v) is 8.59. The molecule has 240 valence electrons. The third-order valence-electron chi connectivity index (χ3n) is 8.59. The van der Waals surface area contributed by atoms with E-state index in [0.29, 0.717) is 6.42 Å². The normalized spacial score (nSPS) is 11.8. The molecule has 3 aromatic rings. The van der Waals surface area contributed by atoms with Crippen molar-refractivity contribution in [1.29, 1.82) is 0 Å². The molecule has 0 bridgehead atoms. The van der Waals surface area contributed by atoms with E-state index in [1.807, 2.05) is 6.92 Å². The van der Waals surface area contributed by atoms with E-state index < -0.39 is 0 Å². The Balaban J connectivity index is 1.40. The summed E-state index contributed by atoms with van der Waals surface area (Å²) in [5.41, 5.74) is 5.72. The van der Waals surface area contributed by atoms with E-state index in [0.717, 1.165) is 42.7 Å². The molecular formula is C41H58O3. The van der Waals surface area contributed by atoms with Gasteiger partial charge in [-0.15, -0.1) is 0 Å². The maximum Gasteiger partial charge on any atom is 0.306 e. The molecule has 44 heavy (non-hydrogen) atoms. The number of rotatable bonds is 23. The van der Waals surface area contributed by atoms with E-state index in [1.54, 1.807) is 0 Å². The van der Waals surface area contributed by atoms with E-state index in [4.69, 9.17) is 9.47 Å². The minimum Gasteiger partial charge on any atom is -0.494 e. The first-order chi connectivity index (χ1) is 21.6. The van der Waals surface area contributed by atoms with Crippen LogP contribution in [0.25, 0.3) is 22.3 Å². The second-order valence-electron chi connectivity index (χ2n) is 12.4. The van der Waals surface area contributed by atoms with Crippen molar-refractivity contribution in [3.8, 4) is 28.0 Å². The van der Waals surface area contributed by atoms with Crippen LogP contribution in [0.3, 0.4) is 0 Å². The fourth-order valence-corrected chi connectivity index (χ4v) is 5.80. The Kier molecular flexibility index (Phi) is 17.4. The lowest BCUT2D eigenvalue weighted by Gasteiger charge is -2.15. The molecule has 0 aromatic heterocycles. The Morgan fingerprint density at radius 1 is 0.568 bits per heavy atom. The monoisotopic (exact) mass is 598 g/mol. The highest BCUT2D eigenvalue weighted by Gasteiger charge is 2.13. The second kappa shape index (κ2) is 21.6. The summed E-state index contributed by atoms with van der Waals surface area (Å²) in [5, 5.41) is 0. The fraction of sp³-hybridized carbons (Fsp3) is 0.537. The SMILES string of the molecule is CCCCCCCCCCCCCCC(=O)OC(C)c1ccc(-c2ccccc2-c2ccc(OCCCCCC)cc2)cc1. The maximum atomic E-state index is 12.5. The van der Waals surface area contributed by atoms with E-state index in [9.17, 15) is 4.79 Å². The summed E-state index contributed by atoms with van der Waals surface area (Å²) in [7, 11) is 0. The highest BCUT2D eigenvalue weighted by atomic mass is 16.5. The lowest BCUT2D eigenvalue weighted by Crippen LogP contribution is -2.08. The number of hydrogen-bond acceptors (Lipinski definition) is 3. The molecule has 0 fully saturated rings. The first-order valence-corrected chi connectivity index (χ1v) is 17.7. The number of unbranched alkanes of at least 4 members (excludes halogenated alkanes) is 14. The third kappa shape index (κ3) is 13.3. The van der Waals surface area contributed by atoms with Crippen molar-refractivity contribution < 1.29 is 14.3 Å². The largest absolute Gasteiger partial charge is 0.494 e. The van der Waals surface area contributed by atoms with Gasteiger partial charge in [0, 0.05) is 6.42 Å². The van der Waals surface area contributed by atoms with E-state index in [2.05, 4.69) is 86.6 Å². The minimum absolute atomic E-state index is 0.0904. The van der Waals surface area contributed by atoms with Crippen LogP contribution in [-0.2, 0) is 9.53 Å². The van der Waals surface area contributed by atoms with Crippen LogP contribution in [0.5, 0.6) is 5.75 Å². The molecule has 0 amide bonds. The van der Waals surface area contributed by atoms with Gasteiger partial charge in [-0.25, -0.2) is 0 Å². The number of hydrogen-bond donors (Lipinski definition) is 0. The van der Waals surface area contributed by atoms with Crippen molar-refractivity contribution in [3.63, 3.8) is 0 Å². The molecule has 0 aliphatic heterocycles. The molecule has 0 saturated carbocycles. The van der Waals surface area contributed by atoms with Crippen LogP contribution in [0.4, 0.5) is 0 Å². The summed E-state index contributed by atoms with van der Waals surface area (Å²) in [4.78, 5) is 12.5. The van der Waals surface area contributed by atoms with Crippen LogP contribution in [-0.4, -0.2) is 12.6 Å². The maximum absolute atomic E-state index is 12.5. The Bertz CT molecular complexity index is 1170. The lowest BCUT2D eigenvalue weighted by molar-refractivity contribution is -0.148. The molecule has 0 heterocycles. The average molecular weight is 599 g/mol. The van der Waals surface area contributed by atoms with Crippen molar-refractivity contribution in [2.75, 3.05) is 6.61 Å². The topological polar surface area (TPSA) is 35.5 Å². The number of benzene rings is 3. The molecule has 0 aliphatic rings. The van der Waals surface area contributed by atoms with E-state index in [-0.39, 0.29) is 12.1 Å². The molecule has 1 atom stereocenters. The van der Waals surface area contributed by atoms with Gasteiger partial charge in [-0.05, 0) is 59.7 Å². The van der Waals surface area contributed by atoms with Gasteiger partial charge in [0.2, 0.25) is 0 Å². The Morgan fingerprint density at radius 2 is 1.02 bits per heavy atom. The summed E-state index contributed by atoms with van der Waals surface area (Å²) in [6.45, 7) is 7.24. The molecule has 0 N–H and O–H groups in total. The zero-order valence-electron chi connectivity index (χ0n) is 28.0. The van der Waals surface area contributed by atoms with Crippen molar-refractivity contribution in [3.05, 3.63) is 78.4 Å². The summed E-state index contributed by atoms with van der Waals surface area (Å²) in [6.07, 6.45) is 20.6. The molecule has 3 heteroatoms. The van der Waals surface area contributed by atoms with Crippen LogP contribution in [0.15, 0.2) is 72.8 Å². The van der Waals surface area contributed by atoms with Crippen molar-refractivity contribution in [2.45, 2.75) is 136 Å². The minimum atomic E-state index is -0.251. The van der Waals surface area contributed by atoms with Gasteiger partial charge < -0.3 is 9.47 Å². The molecule has 1 unspecified atom stereocenters. The zero-order chi connectivity index (χ0) is 31.2. The molecule has 0 spiro atoms. The Hall–Kier alpha value is -3.07. The van der Waals surface area contributed by atoms with Gasteiger partial charge in [-0.2, -0.15) is 0 Å². The summed E-state index contributed by atoms with van der Waals surface area (Å²) in [6, 6.07) is 25.4. The predicted octanol–water partition coefficient (Wildman–Crippen LogP) is 12.7. The lowest BCUT2D eigenvalue weighted by atomic mass is 9.93. The summed E-state index contributed by atoms with van der Waals surface area (Å²) < 4.78 is 11.7. The van der Waals surface area contributed by atoms with E-state index >= 15 is 0 Å². The molecule has 3 nitrogen and oxygen atoms in total. The number of carbonyl (C=O) groups is 1. The molecule has 0 saturated heterocycles. The second-order valence-corrected chi connectivity index (χ2v) is 12.4. The van der Waals surface area contributed by atoms with Crippen molar-refractivity contribution >= 4 is 5.97 Å². The fourth-order valence-electron chi connectivity index (χ4n) is 5.80. The van der Waals surface area contributed by atoms with Gasteiger partial charge in [0.1, 0.15) is 11.9 Å². The first kappa shape index (κ1) is 35.4. The Labute approximate surface area is 268 Å². The van der Waals surface area contributed by atoms with Crippen LogP contribution in [0, 0.1) is 0 Å². The van der Waals surface area contributed by atoms with Crippen molar-refractivity contribution in [1.82, 2.24) is 0 Å². The summed E-state index contributed by atoms with van der Waals surface area (Å²) >= 11 is 0. The van der Waals surface area contributed by atoms with Gasteiger partial charge in [0.05, 0.1) is 6.61 Å². The van der Waals surface area contributed by atoms with E-state index in [1.165, 1.54) is 100 Å². The Morgan fingerprint density at radius 3 is 1.55 bits per heavy atom.